The van der Waals surface area contributed by atoms with E-state index in [1.807, 2.05) is 6.07 Å². The number of nitrogens with zero attached hydrogens (tertiary/aromatic N) is 1. The maximum atomic E-state index is 12.9. The third-order valence-electron chi connectivity index (χ3n) is 6.55. The highest BCUT2D eigenvalue weighted by Crippen LogP contribution is 2.27. The molecule has 1 heterocycles. The molecule has 0 spiro atoms. The molecule has 4 nitrogen and oxygen atoms in total. The van der Waals surface area contributed by atoms with Gasteiger partial charge in [-0.05, 0) is 56.9 Å². The minimum Gasteiger partial charge on any atom is -0.326 e. The number of carbonyl (C=O) groups excluding carboxylic acids is 3. The van der Waals surface area contributed by atoms with Crippen LogP contribution in [0.1, 0.15) is 82.6 Å². The van der Waals surface area contributed by atoms with E-state index in [4.69, 9.17) is 0 Å². The van der Waals surface area contributed by atoms with Gasteiger partial charge in [0.15, 0.2) is 5.78 Å². The quantitative estimate of drug-likeness (QED) is 0.440. The number of Topliss-reactive ketones (excluding diaryl/α,β-unsaturated/α-hetero) is 2. The van der Waals surface area contributed by atoms with Crippen molar-refractivity contribution in [2.75, 3.05) is 6.54 Å². The van der Waals surface area contributed by atoms with Gasteiger partial charge in [-0.2, -0.15) is 0 Å². The lowest BCUT2D eigenvalue weighted by Gasteiger charge is -2.35. The number of likely N-dealkylation sites (tertiary alicyclic amines) is 1. The van der Waals surface area contributed by atoms with Gasteiger partial charge < -0.3 is 4.90 Å². The largest absolute Gasteiger partial charge is 0.326 e. The Morgan fingerprint density at radius 2 is 1.55 bits per heavy atom. The van der Waals surface area contributed by atoms with Crippen molar-refractivity contribution in [2.24, 2.45) is 5.92 Å². The molecule has 0 radical (unpaired) electrons. The fourth-order valence-electron chi connectivity index (χ4n) is 4.81. The molecule has 3 rings (SSSR count). The van der Waals surface area contributed by atoms with Gasteiger partial charge in [0, 0.05) is 18.9 Å². The first-order valence-corrected chi connectivity index (χ1v) is 11.6. The van der Waals surface area contributed by atoms with Crippen LogP contribution in [0.3, 0.4) is 0 Å². The molecule has 2 fully saturated rings. The number of aryl methyl sites for hydroxylation is 1. The van der Waals surface area contributed by atoms with Gasteiger partial charge in [-0.25, -0.2) is 0 Å². The number of piperidine rings is 1. The Morgan fingerprint density at radius 1 is 0.828 bits per heavy atom. The Kier molecular flexibility index (Phi) is 8.45. The first-order valence-electron chi connectivity index (χ1n) is 11.6. The Hall–Kier alpha value is -1.97. The van der Waals surface area contributed by atoms with E-state index in [1.165, 1.54) is 5.56 Å². The number of hydrogen-bond acceptors (Lipinski definition) is 3. The summed E-state index contributed by atoms with van der Waals surface area (Å²) in [5.74, 6) is -0.604. The summed E-state index contributed by atoms with van der Waals surface area (Å²) in [6.07, 6.45) is 12.0. The van der Waals surface area contributed by atoms with E-state index < -0.39 is 0 Å². The third-order valence-corrected chi connectivity index (χ3v) is 6.55. The van der Waals surface area contributed by atoms with Gasteiger partial charge >= 0.3 is 0 Å². The lowest BCUT2D eigenvalue weighted by atomic mass is 9.85. The van der Waals surface area contributed by atoms with E-state index >= 15 is 0 Å². The maximum absolute atomic E-state index is 12.9. The average molecular weight is 398 g/mol. The zero-order chi connectivity index (χ0) is 20.5. The van der Waals surface area contributed by atoms with Gasteiger partial charge in [0.25, 0.3) is 5.91 Å². The normalized spacial score (nSPS) is 20.4. The molecule has 4 heteroatoms. The number of unbranched alkanes of at least 4 members (excludes halogenated alkanes) is 2. The molecule has 1 amide bonds. The van der Waals surface area contributed by atoms with E-state index in [1.54, 1.807) is 4.90 Å². The molecule has 1 saturated carbocycles. The topological polar surface area (TPSA) is 54.5 Å². The molecule has 0 N–H and O–H groups in total. The summed E-state index contributed by atoms with van der Waals surface area (Å²) < 4.78 is 0. The molecular weight excluding hydrogens is 362 g/mol. The van der Waals surface area contributed by atoms with Crippen molar-refractivity contribution in [1.82, 2.24) is 4.90 Å². The SMILES string of the molecule is O=C(C(=O)N1CCCCC1C(=O)CCCCCc1ccccc1)C1CCCCC1. The van der Waals surface area contributed by atoms with Crippen molar-refractivity contribution in [3.05, 3.63) is 35.9 Å². The lowest BCUT2D eigenvalue weighted by molar-refractivity contribution is -0.151. The Labute approximate surface area is 175 Å². The van der Waals surface area contributed by atoms with Crippen molar-refractivity contribution in [1.29, 1.82) is 0 Å². The van der Waals surface area contributed by atoms with Gasteiger partial charge in [-0.15, -0.1) is 0 Å². The summed E-state index contributed by atoms with van der Waals surface area (Å²) in [7, 11) is 0. The van der Waals surface area contributed by atoms with E-state index in [2.05, 4.69) is 24.3 Å². The monoisotopic (exact) mass is 397 g/mol. The van der Waals surface area contributed by atoms with Gasteiger partial charge in [-0.1, -0.05) is 56.0 Å². The summed E-state index contributed by atoms with van der Waals surface area (Å²) in [6, 6.07) is 10.0. The fourth-order valence-corrected chi connectivity index (χ4v) is 4.81. The molecule has 1 aliphatic heterocycles. The van der Waals surface area contributed by atoms with Crippen LogP contribution in [0.5, 0.6) is 0 Å². The van der Waals surface area contributed by atoms with Crippen LogP contribution in [0, 0.1) is 5.92 Å². The first kappa shape index (κ1) is 21.7. The summed E-state index contributed by atoms with van der Waals surface area (Å²) >= 11 is 0. The summed E-state index contributed by atoms with van der Waals surface area (Å²) in [6.45, 7) is 0.557. The molecule has 0 bridgehead atoms. The van der Waals surface area contributed by atoms with Crippen LogP contribution in [-0.4, -0.2) is 35.0 Å². The van der Waals surface area contributed by atoms with Crippen LogP contribution >= 0.6 is 0 Å². The van der Waals surface area contributed by atoms with Crippen molar-refractivity contribution in [2.45, 2.75) is 89.5 Å². The van der Waals surface area contributed by atoms with Crippen LogP contribution in [0.4, 0.5) is 0 Å². The molecule has 29 heavy (non-hydrogen) atoms. The summed E-state index contributed by atoms with van der Waals surface area (Å²) in [5.41, 5.74) is 1.34. The van der Waals surface area contributed by atoms with Gasteiger partial charge in [0.05, 0.1) is 6.04 Å². The Bertz CT molecular complexity index is 679. The van der Waals surface area contributed by atoms with E-state index in [9.17, 15) is 14.4 Å². The van der Waals surface area contributed by atoms with E-state index in [0.29, 0.717) is 19.4 Å². The average Bonchev–Trinajstić information content (AvgIpc) is 2.79. The molecule has 1 unspecified atom stereocenters. The molecule has 1 aliphatic carbocycles. The molecule has 1 atom stereocenters. The number of ketones is 2. The molecule has 1 aromatic carbocycles. The van der Waals surface area contributed by atoms with Gasteiger partial charge in [-0.3, -0.25) is 14.4 Å². The standard InChI is InChI=1S/C25H35NO3/c27-23(18-9-2-6-14-20-12-4-1-5-13-20)22-17-10-11-19-26(22)25(29)24(28)21-15-7-3-8-16-21/h1,4-5,12-13,21-22H,2-3,6-11,14-19H2. The number of rotatable bonds is 9. The lowest BCUT2D eigenvalue weighted by Crippen LogP contribution is -2.51. The summed E-state index contributed by atoms with van der Waals surface area (Å²) in [5, 5.41) is 0. The van der Waals surface area contributed by atoms with Crippen LogP contribution in [0.15, 0.2) is 30.3 Å². The van der Waals surface area contributed by atoms with Gasteiger partial charge in [0.2, 0.25) is 5.78 Å². The molecule has 158 valence electrons. The number of benzene rings is 1. The fraction of sp³-hybridized carbons (Fsp3) is 0.640. The highest BCUT2D eigenvalue weighted by molar-refractivity contribution is 6.37. The van der Waals surface area contributed by atoms with Crippen LogP contribution in [-0.2, 0) is 20.8 Å². The first-order chi connectivity index (χ1) is 14.2. The third kappa shape index (κ3) is 6.25. The Balaban J connectivity index is 1.45. The highest BCUT2D eigenvalue weighted by Gasteiger charge is 2.37. The number of amides is 1. The molecule has 0 aromatic heterocycles. The number of hydrogen-bond donors (Lipinski definition) is 0. The predicted octanol–water partition coefficient (Wildman–Crippen LogP) is 4.89. The predicted molar refractivity (Wildman–Crippen MR) is 115 cm³/mol. The van der Waals surface area contributed by atoms with Crippen molar-refractivity contribution < 1.29 is 14.4 Å². The van der Waals surface area contributed by atoms with Crippen LogP contribution in [0.2, 0.25) is 0 Å². The Morgan fingerprint density at radius 3 is 2.31 bits per heavy atom. The minimum absolute atomic E-state index is 0.119. The minimum atomic E-state index is -0.390. The molecule has 1 aromatic rings. The second-order valence-corrected chi connectivity index (χ2v) is 8.72. The van der Waals surface area contributed by atoms with Crippen molar-refractivity contribution >= 4 is 17.5 Å². The highest BCUT2D eigenvalue weighted by atomic mass is 16.2. The molecular formula is C25H35NO3. The second kappa shape index (κ2) is 11.3. The molecule has 1 saturated heterocycles. The zero-order valence-corrected chi connectivity index (χ0v) is 17.6. The smallest absolute Gasteiger partial charge is 0.290 e. The summed E-state index contributed by atoms with van der Waals surface area (Å²) in [4.78, 5) is 40.0. The van der Waals surface area contributed by atoms with Gasteiger partial charge in [0.1, 0.15) is 0 Å². The van der Waals surface area contributed by atoms with E-state index in [0.717, 1.165) is 70.6 Å². The molecule has 2 aliphatic rings. The number of carbonyl (C=O) groups is 3. The zero-order valence-electron chi connectivity index (χ0n) is 17.6. The van der Waals surface area contributed by atoms with Crippen molar-refractivity contribution in [3.63, 3.8) is 0 Å². The second-order valence-electron chi connectivity index (χ2n) is 8.72. The maximum Gasteiger partial charge on any atom is 0.290 e. The van der Waals surface area contributed by atoms with E-state index in [-0.39, 0.29) is 29.4 Å². The van der Waals surface area contributed by atoms with Crippen molar-refractivity contribution in [3.8, 4) is 0 Å². The van der Waals surface area contributed by atoms with Crippen LogP contribution in [0.25, 0.3) is 0 Å². The van der Waals surface area contributed by atoms with Crippen LogP contribution < -0.4 is 0 Å².